The fourth-order valence-corrected chi connectivity index (χ4v) is 7.39. The second-order valence-electron chi connectivity index (χ2n) is 12.4. The molecule has 0 atom stereocenters. The van der Waals surface area contributed by atoms with Crippen LogP contribution in [0.4, 0.5) is 18.0 Å². The van der Waals surface area contributed by atoms with Gasteiger partial charge in [0, 0.05) is 55.0 Å². The van der Waals surface area contributed by atoms with Crippen LogP contribution >= 0.6 is 0 Å². The molecule has 2 aromatic rings. The van der Waals surface area contributed by atoms with E-state index in [2.05, 4.69) is 20.2 Å². The summed E-state index contributed by atoms with van der Waals surface area (Å²) in [5.41, 5.74) is 0.493. The number of rotatable bonds is 4. The maximum absolute atomic E-state index is 12.9. The van der Waals surface area contributed by atoms with Crippen molar-refractivity contribution in [2.24, 2.45) is 16.7 Å². The van der Waals surface area contributed by atoms with Crippen molar-refractivity contribution in [2.45, 2.75) is 69.4 Å². The first-order valence-corrected chi connectivity index (χ1v) is 13.2. The summed E-state index contributed by atoms with van der Waals surface area (Å²) in [5, 5.41) is 8.77. The maximum atomic E-state index is 12.9. The van der Waals surface area contributed by atoms with Crippen LogP contribution in [-0.4, -0.2) is 62.2 Å². The SMILES string of the molecule is O=C(N1CC2(CC(Cc3ccc(C(F)(F)F)nc3)C2)C1)N1CC2(CC(c3nnc(C4CCC4)[nH]3)C2)C1. The van der Waals surface area contributed by atoms with Crippen LogP contribution in [0.25, 0.3) is 0 Å². The van der Waals surface area contributed by atoms with Crippen LogP contribution < -0.4 is 0 Å². The number of pyridine rings is 1. The number of carbonyl (C=O) groups is 1. The number of hydrogen-bond acceptors (Lipinski definition) is 4. The van der Waals surface area contributed by atoms with Crippen molar-refractivity contribution in [3.63, 3.8) is 0 Å². The third-order valence-electron chi connectivity index (χ3n) is 9.49. The quantitative estimate of drug-likeness (QED) is 0.658. The van der Waals surface area contributed by atoms with Gasteiger partial charge < -0.3 is 14.8 Å². The normalized spacial score (nSPS) is 25.2. The molecule has 3 aliphatic carbocycles. The molecule has 2 aliphatic heterocycles. The Morgan fingerprint density at radius 2 is 1.56 bits per heavy atom. The molecule has 4 heterocycles. The third kappa shape index (κ3) is 3.70. The molecule has 7 nitrogen and oxygen atoms in total. The zero-order chi connectivity index (χ0) is 24.7. The molecule has 2 saturated heterocycles. The van der Waals surface area contributed by atoms with E-state index in [0.717, 1.165) is 81.6 Å². The Kier molecular flexibility index (Phi) is 4.81. The van der Waals surface area contributed by atoms with Crippen LogP contribution in [0.3, 0.4) is 0 Å². The van der Waals surface area contributed by atoms with E-state index in [0.29, 0.717) is 17.8 Å². The summed E-state index contributed by atoms with van der Waals surface area (Å²) >= 11 is 0. The monoisotopic (exact) mass is 500 g/mol. The molecule has 36 heavy (non-hydrogen) atoms. The molecular weight excluding hydrogens is 469 g/mol. The van der Waals surface area contributed by atoms with Crippen LogP contribution in [0, 0.1) is 16.7 Å². The molecule has 10 heteroatoms. The number of halogens is 3. The number of H-pyrrole nitrogens is 1. The summed E-state index contributed by atoms with van der Waals surface area (Å²) < 4.78 is 38.1. The average Bonchev–Trinajstić information content (AvgIpc) is 3.13. The summed E-state index contributed by atoms with van der Waals surface area (Å²) in [6, 6.07) is 2.77. The van der Waals surface area contributed by atoms with Crippen LogP contribution in [0.1, 0.15) is 79.7 Å². The Bertz CT molecular complexity index is 1150. The van der Waals surface area contributed by atoms with Crippen LogP contribution in [0.5, 0.6) is 0 Å². The van der Waals surface area contributed by atoms with Gasteiger partial charge >= 0.3 is 12.2 Å². The van der Waals surface area contributed by atoms with Crippen molar-refractivity contribution in [3.05, 3.63) is 41.2 Å². The molecule has 2 amide bonds. The Balaban J connectivity index is 0.835. The summed E-state index contributed by atoms with van der Waals surface area (Å²) in [5.74, 6) is 3.57. The zero-order valence-corrected chi connectivity index (χ0v) is 20.2. The summed E-state index contributed by atoms with van der Waals surface area (Å²) in [7, 11) is 0. The lowest BCUT2D eigenvalue weighted by atomic mass is 9.56. The van der Waals surface area contributed by atoms with Gasteiger partial charge in [0.15, 0.2) is 0 Å². The predicted octanol–water partition coefficient (Wildman–Crippen LogP) is 4.74. The zero-order valence-electron chi connectivity index (χ0n) is 20.2. The maximum Gasteiger partial charge on any atom is 0.433 e. The highest BCUT2D eigenvalue weighted by Crippen LogP contribution is 2.57. The minimum Gasteiger partial charge on any atom is -0.328 e. The fraction of sp³-hybridized carbons (Fsp3) is 0.692. The largest absolute Gasteiger partial charge is 0.433 e. The molecule has 7 rings (SSSR count). The molecular formula is C26H31F3N6O. The number of aromatic amines is 1. The molecule has 2 spiro atoms. The molecule has 3 saturated carbocycles. The number of nitrogens with one attached hydrogen (secondary N) is 1. The first kappa shape index (κ1) is 22.5. The van der Waals surface area contributed by atoms with Gasteiger partial charge in [-0.3, -0.25) is 4.98 Å². The number of urea groups is 1. The van der Waals surface area contributed by atoms with Gasteiger partial charge in [0.05, 0.1) is 0 Å². The minimum absolute atomic E-state index is 0.164. The third-order valence-corrected chi connectivity index (χ3v) is 9.49. The first-order chi connectivity index (χ1) is 17.2. The Labute approximate surface area is 207 Å². The van der Waals surface area contributed by atoms with Gasteiger partial charge in [0.25, 0.3) is 0 Å². The fourth-order valence-electron chi connectivity index (χ4n) is 7.39. The lowest BCUT2D eigenvalue weighted by Crippen LogP contribution is -2.70. The van der Waals surface area contributed by atoms with Crippen LogP contribution in [0.2, 0.25) is 0 Å². The van der Waals surface area contributed by atoms with E-state index in [-0.39, 0.29) is 16.9 Å². The Morgan fingerprint density at radius 1 is 0.944 bits per heavy atom. The molecule has 5 aliphatic rings. The standard InChI is InChI=1S/C26H31F3N6O/c27-26(28,29)20-5-4-16(11-30-20)6-17-7-24(8-17)12-34(13-24)23(36)35-14-25(15-35)9-19(10-25)22-31-21(32-33-22)18-2-1-3-18/h4-5,11,17-19H,1-3,6-10,12-15H2,(H,31,32,33). The lowest BCUT2D eigenvalue weighted by molar-refractivity contribution is -0.141. The van der Waals surface area contributed by atoms with Crippen molar-refractivity contribution in [2.75, 3.05) is 26.2 Å². The van der Waals surface area contributed by atoms with Gasteiger partial charge in [-0.05, 0) is 62.5 Å². The van der Waals surface area contributed by atoms with Gasteiger partial charge in [-0.15, -0.1) is 10.2 Å². The van der Waals surface area contributed by atoms with Crippen LogP contribution in [-0.2, 0) is 12.6 Å². The molecule has 2 aromatic heterocycles. The van der Waals surface area contributed by atoms with E-state index in [4.69, 9.17) is 0 Å². The van der Waals surface area contributed by atoms with E-state index in [1.165, 1.54) is 31.5 Å². The van der Waals surface area contributed by atoms with Crippen molar-refractivity contribution < 1.29 is 18.0 Å². The molecule has 0 bridgehead atoms. The van der Waals surface area contributed by atoms with Gasteiger partial charge in [-0.2, -0.15) is 13.2 Å². The van der Waals surface area contributed by atoms with Crippen LogP contribution in [0.15, 0.2) is 18.3 Å². The smallest absolute Gasteiger partial charge is 0.328 e. The van der Waals surface area contributed by atoms with Crippen molar-refractivity contribution in [3.8, 4) is 0 Å². The molecule has 192 valence electrons. The Morgan fingerprint density at radius 3 is 2.08 bits per heavy atom. The second kappa shape index (κ2) is 7.68. The highest BCUT2D eigenvalue weighted by Gasteiger charge is 2.58. The minimum atomic E-state index is -4.40. The van der Waals surface area contributed by atoms with E-state index in [9.17, 15) is 18.0 Å². The average molecular weight is 501 g/mol. The summed E-state index contributed by atoms with van der Waals surface area (Å²) in [6.07, 6.45) is 5.66. The van der Waals surface area contributed by atoms with E-state index in [1.807, 2.05) is 9.80 Å². The number of carbonyl (C=O) groups excluding carboxylic acids is 1. The number of aromatic nitrogens is 4. The molecule has 0 radical (unpaired) electrons. The highest BCUT2D eigenvalue weighted by atomic mass is 19.4. The van der Waals surface area contributed by atoms with E-state index >= 15 is 0 Å². The number of alkyl halides is 3. The van der Waals surface area contributed by atoms with E-state index in [1.54, 1.807) is 0 Å². The summed E-state index contributed by atoms with van der Waals surface area (Å²) in [4.78, 5) is 23.9. The van der Waals surface area contributed by atoms with Crippen molar-refractivity contribution in [1.82, 2.24) is 30.0 Å². The van der Waals surface area contributed by atoms with Gasteiger partial charge in [-0.25, -0.2) is 4.79 Å². The Hall–Kier alpha value is -2.65. The number of likely N-dealkylation sites (tertiary alicyclic amines) is 2. The van der Waals surface area contributed by atoms with Gasteiger partial charge in [0.1, 0.15) is 17.3 Å². The highest BCUT2D eigenvalue weighted by molar-refractivity contribution is 5.77. The van der Waals surface area contributed by atoms with Gasteiger partial charge in [0.2, 0.25) is 0 Å². The van der Waals surface area contributed by atoms with E-state index < -0.39 is 11.9 Å². The molecule has 0 aromatic carbocycles. The predicted molar refractivity (Wildman–Crippen MR) is 124 cm³/mol. The number of amides is 2. The number of nitrogens with zero attached hydrogens (tertiary/aromatic N) is 5. The number of hydrogen-bond donors (Lipinski definition) is 1. The topological polar surface area (TPSA) is 78.0 Å². The molecule has 5 fully saturated rings. The van der Waals surface area contributed by atoms with Gasteiger partial charge in [-0.1, -0.05) is 12.5 Å². The lowest BCUT2D eigenvalue weighted by Gasteiger charge is -2.63. The second-order valence-corrected chi connectivity index (χ2v) is 12.4. The summed E-state index contributed by atoms with van der Waals surface area (Å²) in [6.45, 7) is 3.31. The molecule has 0 unspecified atom stereocenters. The molecule has 1 N–H and O–H groups in total. The first-order valence-electron chi connectivity index (χ1n) is 13.2. The van der Waals surface area contributed by atoms with Crippen molar-refractivity contribution >= 4 is 6.03 Å². The van der Waals surface area contributed by atoms with Crippen molar-refractivity contribution in [1.29, 1.82) is 0 Å².